The van der Waals surface area contributed by atoms with Crippen molar-refractivity contribution in [1.82, 2.24) is 0 Å². The van der Waals surface area contributed by atoms with Crippen molar-refractivity contribution in [3.63, 3.8) is 0 Å². The van der Waals surface area contributed by atoms with Crippen molar-refractivity contribution in [3.05, 3.63) is 0 Å². The SMILES string of the molecule is C[Si](C)C(Cl)CCOC(CCCCC[Si])(OCCC(Cl)[Si](C)C)OCCC(Cl)[Si](C)C. The molecular formula is C21H43Cl3O3Si4. The van der Waals surface area contributed by atoms with Crippen LogP contribution >= 0.6 is 34.8 Å². The molecule has 3 atom stereocenters. The molecule has 182 valence electrons. The summed E-state index contributed by atoms with van der Waals surface area (Å²) in [6.07, 6.45) is 6.33. The van der Waals surface area contributed by atoms with Gasteiger partial charge in [0.1, 0.15) is 0 Å². The molecule has 3 nitrogen and oxygen atoms in total. The van der Waals surface area contributed by atoms with E-state index in [2.05, 4.69) is 49.5 Å². The number of hydrogen-bond donors (Lipinski definition) is 0. The fourth-order valence-electron chi connectivity index (χ4n) is 2.80. The van der Waals surface area contributed by atoms with Crippen LogP contribution in [0.5, 0.6) is 0 Å². The van der Waals surface area contributed by atoms with Crippen molar-refractivity contribution in [2.45, 2.75) is 111 Å². The fourth-order valence-corrected chi connectivity index (χ4v) is 5.41. The van der Waals surface area contributed by atoms with Crippen LogP contribution in [0.1, 0.15) is 44.9 Å². The molecule has 0 aliphatic rings. The number of rotatable bonds is 20. The Bertz CT molecular complexity index is 384. The Balaban J connectivity index is 5.16. The van der Waals surface area contributed by atoms with Gasteiger partial charge in [-0.05, 0) is 25.7 Å². The summed E-state index contributed by atoms with van der Waals surface area (Å²) in [5, 5.41) is 0.517. The molecule has 0 N–H and O–H groups in total. The average Bonchev–Trinajstić information content (AvgIpc) is 2.70. The maximum Gasteiger partial charge on any atom is 0.282 e. The van der Waals surface area contributed by atoms with Crippen molar-refractivity contribution in [3.8, 4) is 0 Å². The molecule has 0 aromatic heterocycles. The average molecular weight is 562 g/mol. The van der Waals surface area contributed by atoms with E-state index in [4.69, 9.17) is 49.0 Å². The molecule has 6 radical (unpaired) electrons. The first-order valence-corrected chi connectivity index (χ1v) is 21.2. The highest BCUT2D eigenvalue weighted by atomic mass is 35.5. The first-order chi connectivity index (χ1) is 14.5. The van der Waals surface area contributed by atoms with Crippen LogP contribution in [0.4, 0.5) is 0 Å². The summed E-state index contributed by atoms with van der Waals surface area (Å²) in [5.41, 5.74) is 0. The highest BCUT2D eigenvalue weighted by Crippen LogP contribution is 2.27. The Morgan fingerprint density at radius 3 is 1.29 bits per heavy atom. The van der Waals surface area contributed by atoms with Gasteiger partial charge >= 0.3 is 0 Å². The first-order valence-electron chi connectivity index (χ1n) is 11.4. The van der Waals surface area contributed by atoms with E-state index in [1.54, 1.807) is 0 Å². The van der Waals surface area contributed by atoms with Gasteiger partial charge in [-0.1, -0.05) is 58.2 Å². The van der Waals surface area contributed by atoms with E-state index in [0.717, 1.165) is 44.6 Å². The molecule has 0 rings (SSSR count). The molecule has 0 bridgehead atoms. The maximum atomic E-state index is 6.50. The van der Waals surface area contributed by atoms with E-state index in [9.17, 15) is 0 Å². The smallest absolute Gasteiger partial charge is 0.282 e. The molecule has 0 aliphatic heterocycles. The molecule has 0 spiro atoms. The van der Waals surface area contributed by atoms with Gasteiger partial charge in [0.25, 0.3) is 5.97 Å². The van der Waals surface area contributed by atoms with E-state index in [-0.39, 0.29) is 15.0 Å². The second-order valence-corrected chi connectivity index (χ2v) is 20.5. The Hall–Kier alpha value is 1.62. The van der Waals surface area contributed by atoms with Gasteiger partial charge in [-0.2, -0.15) is 0 Å². The minimum Gasteiger partial charge on any atom is -0.327 e. The van der Waals surface area contributed by atoms with Gasteiger partial charge in [0, 0.05) is 31.7 Å². The van der Waals surface area contributed by atoms with E-state index in [0.29, 0.717) is 26.2 Å². The predicted octanol–water partition coefficient (Wildman–Crippen LogP) is 6.71. The van der Waals surface area contributed by atoms with Crippen LogP contribution in [0, 0.1) is 0 Å². The normalized spacial score (nSPS) is 17.3. The number of alkyl halides is 3. The van der Waals surface area contributed by atoms with Crippen LogP contribution in [0.3, 0.4) is 0 Å². The van der Waals surface area contributed by atoms with Crippen molar-refractivity contribution in [2.24, 2.45) is 0 Å². The largest absolute Gasteiger partial charge is 0.327 e. The summed E-state index contributed by atoms with van der Waals surface area (Å²) >= 11 is 19.5. The Kier molecular flexibility index (Phi) is 19.9. The summed E-state index contributed by atoms with van der Waals surface area (Å²) in [7, 11) is 1.89. The number of unbranched alkanes of at least 4 members (excludes halogenated alkanes) is 2. The van der Waals surface area contributed by atoms with Crippen molar-refractivity contribution in [2.75, 3.05) is 19.8 Å². The lowest BCUT2D eigenvalue weighted by atomic mass is 10.2. The lowest BCUT2D eigenvalue weighted by Crippen LogP contribution is -2.42. The highest BCUT2D eigenvalue weighted by molar-refractivity contribution is 6.68. The molecule has 0 aliphatic carbocycles. The second kappa shape index (κ2) is 18.9. The van der Waals surface area contributed by atoms with Crippen LogP contribution in [-0.2, 0) is 14.2 Å². The monoisotopic (exact) mass is 560 g/mol. The molecule has 0 saturated carbocycles. The van der Waals surface area contributed by atoms with Gasteiger partial charge in [0.2, 0.25) is 0 Å². The minimum atomic E-state index is -1.03. The summed E-state index contributed by atoms with van der Waals surface area (Å²) in [6, 6.07) is 0.999. The van der Waals surface area contributed by atoms with Gasteiger partial charge < -0.3 is 14.2 Å². The Morgan fingerprint density at radius 2 is 1.00 bits per heavy atom. The molecule has 0 aromatic rings. The van der Waals surface area contributed by atoms with Gasteiger partial charge in [-0.25, -0.2) is 0 Å². The van der Waals surface area contributed by atoms with Crippen LogP contribution in [0.25, 0.3) is 0 Å². The van der Waals surface area contributed by atoms with E-state index in [1.165, 1.54) is 0 Å². The third-order valence-electron chi connectivity index (χ3n) is 5.12. The van der Waals surface area contributed by atoms with E-state index >= 15 is 0 Å². The molecule has 31 heavy (non-hydrogen) atoms. The Morgan fingerprint density at radius 1 is 0.645 bits per heavy atom. The first kappa shape index (κ1) is 32.6. The highest BCUT2D eigenvalue weighted by Gasteiger charge is 2.34. The minimum absolute atomic E-state index is 0.172. The summed E-state index contributed by atoms with van der Waals surface area (Å²) < 4.78 is 19.0. The van der Waals surface area contributed by atoms with E-state index in [1.807, 2.05) is 0 Å². The van der Waals surface area contributed by atoms with Crippen LogP contribution in [0.15, 0.2) is 0 Å². The number of halogens is 3. The quantitative estimate of drug-likeness (QED) is 0.0715. The molecule has 0 amide bonds. The topological polar surface area (TPSA) is 27.7 Å². The predicted molar refractivity (Wildman–Crippen MR) is 145 cm³/mol. The van der Waals surface area contributed by atoms with Crippen LogP contribution in [-0.4, -0.2) is 77.4 Å². The van der Waals surface area contributed by atoms with Gasteiger partial charge in [-0.15, -0.1) is 34.8 Å². The zero-order valence-electron chi connectivity index (χ0n) is 20.4. The number of hydrogen-bond acceptors (Lipinski definition) is 3. The fraction of sp³-hybridized carbons (Fsp3) is 1.00. The maximum absolute atomic E-state index is 6.50. The Labute approximate surface area is 215 Å². The van der Waals surface area contributed by atoms with Gasteiger partial charge in [0.05, 0.1) is 46.2 Å². The summed E-state index contributed by atoms with van der Waals surface area (Å²) in [4.78, 5) is 0. The van der Waals surface area contributed by atoms with E-state index < -0.39 is 32.4 Å². The molecule has 0 aromatic carbocycles. The summed E-state index contributed by atoms with van der Waals surface area (Å²) in [5.74, 6) is -1.03. The van der Waals surface area contributed by atoms with Crippen molar-refractivity contribution in [1.29, 1.82) is 0 Å². The van der Waals surface area contributed by atoms with Gasteiger partial charge in [0.15, 0.2) is 0 Å². The van der Waals surface area contributed by atoms with Crippen LogP contribution in [0.2, 0.25) is 45.3 Å². The summed E-state index contributed by atoms with van der Waals surface area (Å²) in [6.45, 7) is 15.0. The molecule has 10 heteroatoms. The second-order valence-electron chi connectivity index (χ2n) is 8.79. The van der Waals surface area contributed by atoms with Crippen molar-refractivity contribution >= 4 is 71.4 Å². The molecule has 0 saturated heterocycles. The third-order valence-corrected chi connectivity index (χ3v) is 14.7. The standard InChI is InChI=1S/C21H43Cl3O3Si4/c1-29(2)18(22)10-14-25-21(13-8-7-9-17-28,26-15-11-19(23)30(3)4)27-16-12-20(24)31(5)6/h18-20H,7-17H2,1-6H3. The molecule has 0 heterocycles. The number of ether oxygens (including phenoxy) is 3. The zero-order valence-corrected chi connectivity index (χ0v) is 26.6. The lowest BCUT2D eigenvalue weighted by Gasteiger charge is -2.34. The van der Waals surface area contributed by atoms with Crippen LogP contribution < -0.4 is 0 Å². The zero-order chi connectivity index (χ0) is 23.9. The molecular weight excluding hydrogens is 519 g/mol. The van der Waals surface area contributed by atoms with Gasteiger partial charge in [-0.3, -0.25) is 0 Å². The lowest BCUT2D eigenvalue weighted by molar-refractivity contribution is -0.384. The molecule has 0 fully saturated rings. The molecule has 3 unspecified atom stereocenters. The van der Waals surface area contributed by atoms with Crippen molar-refractivity contribution < 1.29 is 14.2 Å². The third kappa shape index (κ3) is 16.0.